The predicted octanol–water partition coefficient (Wildman–Crippen LogP) is 5.05. The fourth-order valence-corrected chi connectivity index (χ4v) is 4.70. The highest BCUT2D eigenvalue weighted by atomic mass is 16.3. The Balaban J connectivity index is 1.53. The summed E-state index contributed by atoms with van der Waals surface area (Å²) in [7, 11) is 0. The first-order valence-electron chi connectivity index (χ1n) is 9.88. The van der Waals surface area contributed by atoms with Crippen molar-refractivity contribution < 1.29 is 9.21 Å². The Bertz CT molecular complexity index is 1250. The first-order valence-corrected chi connectivity index (χ1v) is 9.88. The minimum Gasteiger partial charge on any atom is -0.467 e. The van der Waals surface area contributed by atoms with Crippen molar-refractivity contribution in [3.05, 3.63) is 95.6 Å². The van der Waals surface area contributed by atoms with Gasteiger partial charge in [-0.25, -0.2) is 4.98 Å². The van der Waals surface area contributed by atoms with Crippen LogP contribution in [0.2, 0.25) is 0 Å². The number of nitrogens with one attached hydrogen (secondary N) is 1. The van der Waals surface area contributed by atoms with Crippen molar-refractivity contribution in [3.8, 4) is 0 Å². The monoisotopic (exact) mass is 381 g/mol. The summed E-state index contributed by atoms with van der Waals surface area (Å²) in [6.07, 6.45) is 2.95. The standard InChI is InChI=1S/C24H19N3O2/c28-20-14-16(15-7-2-1-3-8-15)13-18-22(20)23(21-11-6-12-29-21)27-19-10-5-4-9-17(19)25-24(27)26-18/h1-12,16,23H,13-14H2,(H,25,26)/t16-,23+/m0/s1. The van der Waals surface area contributed by atoms with Gasteiger partial charge in [-0.05, 0) is 42.2 Å². The number of allylic oxidation sites excluding steroid dienone is 2. The third-order valence-corrected chi connectivity index (χ3v) is 5.98. The van der Waals surface area contributed by atoms with Gasteiger partial charge >= 0.3 is 0 Å². The maximum Gasteiger partial charge on any atom is 0.209 e. The van der Waals surface area contributed by atoms with Crippen LogP contribution in [0.15, 0.2) is 88.7 Å². The van der Waals surface area contributed by atoms with E-state index in [0.29, 0.717) is 6.42 Å². The van der Waals surface area contributed by atoms with E-state index in [1.807, 2.05) is 54.6 Å². The number of rotatable bonds is 2. The zero-order valence-corrected chi connectivity index (χ0v) is 15.7. The second kappa shape index (κ2) is 6.21. The van der Waals surface area contributed by atoms with Gasteiger partial charge < -0.3 is 9.73 Å². The van der Waals surface area contributed by atoms with E-state index < -0.39 is 0 Å². The summed E-state index contributed by atoms with van der Waals surface area (Å²) in [5.41, 5.74) is 4.84. The van der Waals surface area contributed by atoms with Gasteiger partial charge in [-0.2, -0.15) is 0 Å². The summed E-state index contributed by atoms with van der Waals surface area (Å²) in [6, 6.07) is 21.8. The molecular formula is C24H19N3O2. The van der Waals surface area contributed by atoms with Gasteiger partial charge in [0, 0.05) is 17.7 Å². The maximum atomic E-state index is 13.4. The average Bonchev–Trinajstić information content (AvgIpc) is 3.40. The number of para-hydroxylation sites is 2. The minimum atomic E-state index is -0.298. The molecule has 0 fully saturated rings. The van der Waals surface area contributed by atoms with Gasteiger partial charge in [0.05, 0.1) is 17.3 Å². The smallest absolute Gasteiger partial charge is 0.209 e. The molecule has 0 amide bonds. The van der Waals surface area contributed by atoms with E-state index in [-0.39, 0.29) is 17.7 Å². The number of hydrogen-bond donors (Lipinski definition) is 1. The molecule has 29 heavy (non-hydrogen) atoms. The van der Waals surface area contributed by atoms with Gasteiger partial charge in [0.25, 0.3) is 0 Å². The van der Waals surface area contributed by atoms with Crippen molar-refractivity contribution in [2.24, 2.45) is 0 Å². The number of ketones is 1. The number of benzene rings is 2. The van der Waals surface area contributed by atoms with Crippen LogP contribution in [0.5, 0.6) is 0 Å². The molecule has 142 valence electrons. The fourth-order valence-electron chi connectivity index (χ4n) is 4.70. The highest BCUT2D eigenvalue weighted by Crippen LogP contribution is 2.45. The SMILES string of the molecule is O=C1C[C@@H](c2ccccc2)CC2=C1[C@@H](c1ccco1)n1c(nc3ccccc31)N2. The van der Waals surface area contributed by atoms with E-state index >= 15 is 0 Å². The molecule has 2 atom stereocenters. The van der Waals surface area contributed by atoms with Crippen molar-refractivity contribution in [2.45, 2.75) is 24.8 Å². The Morgan fingerprint density at radius 1 is 0.966 bits per heavy atom. The molecular weight excluding hydrogens is 362 g/mol. The molecule has 6 rings (SSSR count). The molecule has 2 aromatic carbocycles. The van der Waals surface area contributed by atoms with Crippen LogP contribution < -0.4 is 5.32 Å². The Labute approximate surface area is 167 Å². The molecule has 0 bridgehead atoms. The van der Waals surface area contributed by atoms with Crippen molar-refractivity contribution in [1.82, 2.24) is 9.55 Å². The fraction of sp³-hybridized carbons (Fsp3) is 0.167. The van der Waals surface area contributed by atoms with Crippen LogP contribution in [0.3, 0.4) is 0 Å². The number of imidazole rings is 1. The van der Waals surface area contributed by atoms with Crippen molar-refractivity contribution in [1.29, 1.82) is 0 Å². The largest absolute Gasteiger partial charge is 0.467 e. The molecule has 5 heteroatoms. The second-order valence-corrected chi connectivity index (χ2v) is 7.67. The molecule has 2 aliphatic rings. The average molecular weight is 381 g/mol. The summed E-state index contributed by atoms with van der Waals surface area (Å²) in [4.78, 5) is 18.2. The first kappa shape index (κ1) is 16.4. The van der Waals surface area contributed by atoms with Gasteiger partial charge in [0.1, 0.15) is 11.8 Å². The Morgan fingerprint density at radius 3 is 2.62 bits per heavy atom. The van der Waals surface area contributed by atoms with Crippen molar-refractivity contribution in [3.63, 3.8) is 0 Å². The normalized spacial score (nSPS) is 21.0. The molecule has 1 N–H and O–H groups in total. The van der Waals surface area contributed by atoms with E-state index in [1.54, 1.807) is 6.26 Å². The predicted molar refractivity (Wildman–Crippen MR) is 111 cm³/mol. The number of anilines is 1. The zero-order valence-electron chi connectivity index (χ0n) is 15.7. The van der Waals surface area contributed by atoms with Crippen LogP contribution >= 0.6 is 0 Å². The molecule has 4 aromatic rings. The number of Topliss-reactive ketones (excluding diaryl/α,β-unsaturated/α-hetero) is 1. The number of fused-ring (bicyclic) bond motifs is 3. The van der Waals surface area contributed by atoms with E-state index in [0.717, 1.165) is 40.4 Å². The molecule has 0 saturated heterocycles. The lowest BCUT2D eigenvalue weighted by atomic mass is 9.78. The van der Waals surface area contributed by atoms with Gasteiger partial charge in [-0.1, -0.05) is 42.5 Å². The molecule has 1 aliphatic heterocycles. The molecule has 1 aliphatic carbocycles. The summed E-state index contributed by atoms with van der Waals surface area (Å²) in [6.45, 7) is 0. The summed E-state index contributed by atoms with van der Waals surface area (Å²) in [5.74, 6) is 1.85. The molecule has 0 unspecified atom stereocenters. The minimum absolute atomic E-state index is 0.164. The number of aromatic nitrogens is 2. The molecule has 5 nitrogen and oxygen atoms in total. The quantitative estimate of drug-likeness (QED) is 0.528. The molecule has 0 spiro atoms. The molecule has 0 saturated carbocycles. The van der Waals surface area contributed by atoms with Gasteiger partial charge in [-0.3, -0.25) is 9.36 Å². The topological polar surface area (TPSA) is 60.1 Å². The highest BCUT2D eigenvalue weighted by Gasteiger charge is 2.40. The third-order valence-electron chi connectivity index (χ3n) is 5.98. The van der Waals surface area contributed by atoms with E-state index in [4.69, 9.17) is 9.40 Å². The van der Waals surface area contributed by atoms with E-state index in [9.17, 15) is 4.79 Å². The van der Waals surface area contributed by atoms with Crippen LogP contribution in [0.25, 0.3) is 11.0 Å². The Hall–Kier alpha value is -3.60. The number of carbonyl (C=O) groups is 1. The van der Waals surface area contributed by atoms with Crippen molar-refractivity contribution in [2.75, 3.05) is 5.32 Å². The van der Waals surface area contributed by atoms with Crippen molar-refractivity contribution >= 4 is 22.8 Å². The van der Waals surface area contributed by atoms with Crippen LogP contribution in [-0.4, -0.2) is 15.3 Å². The molecule has 3 heterocycles. The van der Waals surface area contributed by atoms with Gasteiger partial charge in [0.15, 0.2) is 5.78 Å². The summed E-state index contributed by atoms with van der Waals surface area (Å²) >= 11 is 0. The van der Waals surface area contributed by atoms with Crippen LogP contribution in [-0.2, 0) is 4.79 Å². The third kappa shape index (κ3) is 2.47. The van der Waals surface area contributed by atoms with Crippen LogP contribution in [0.4, 0.5) is 5.95 Å². The van der Waals surface area contributed by atoms with E-state index in [2.05, 4.69) is 22.0 Å². The number of hydrogen-bond acceptors (Lipinski definition) is 4. The second-order valence-electron chi connectivity index (χ2n) is 7.67. The Kier molecular flexibility index (Phi) is 3.50. The lowest BCUT2D eigenvalue weighted by molar-refractivity contribution is -0.116. The number of nitrogens with zero attached hydrogens (tertiary/aromatic N) is 2. The Morgan fingerprint density at radius 2 is 1.79 bits per heavy atom. The molecule has 0 radical (unpaired) electrons. The summed E-state index contributed by atoms with van der Waals surface area (Å²) in [5, 5.41) is 3.48. The molecule has 2 aromatic heterocycles. The van der Waals surface area contributed by atoms with E-state index in [1.165, 1.54) is 5.56 Å². The maximum absolute atomic E-state index is 13.4. The van der Waals surface area contributed by atoms with Gasteiger partial charge in [0.2, 0.25) is 5.95 Å². The van der Waals surface area contributed by atoms with Crippen LogP contribution in [0, 0.1) is 0 Å². The van der Waals surface area contributed by atoms with Crippen LogP contribution in [0.1, 0.15) is 36.1 Å². The lowest BCUT2D eigenvalue weighted by Gasteiger charge is -2.35. The van der Waals surface area contributed by atoms with Gasteiger partial charge in [-0.15, -0.1) is 0 Å². The zero-order chi connectivity index (χ0) is 19.4. The number of furan rings is 1. The highest BCUT2D eigenvalue weighted by molar-refractivity contribution is 6.00. The number of carbonyl (C=O) groups excluding carboxylic acids is 1. The lowest BCUT2D eigenvalue weighted by Crippen LogP contribution is -2.32. The summed E-state index contributed by atoms with van der Waals surface area (Å²) < 4.78 is 7.89. The first-order chi connectivity index (χ1) is 14.3.